The van der Waals surface area contributed by atoms with Gasteiger partial charge in [0.15, 0.2) is 6.61 Å². The van der Waals surface area contributed by atoms with Gasteiger partial charge in [-0.15, -0.1) is 0 Å². The van der Waals surface area contributed by atoms with Crippen molar-refractivity contribution in [2.24, 2.45) is 23.2 Å². The maximum atomic E-state index is 12.4. The Bertz CT molecular complexity index is 843. The van der Waals surface area contributed by atoms with Crippen molar-refractivity contribution in [1.82, 2.24) is 5.32 Å². The first-order chi connectivity index (χ1) is 14.3. The van der Waals surface area contributed by atoms with Gasteiger partial charge in [-0.2, -0.15) is 0 Å². The van der Waals surface area contributed by atoms with Gasteiger partial charge < -0.3 is 10.1 Å². The van der Waals surface area contributed by atoms with Gasteiger partial charge in [-0.05, 0) is 80.8 Å². The SMILES string of the molecule is C[C@@H](NC(=O)COC(=O)/C=C/c1ccccc1[N+](=O)[O-])C12CC3CC(CC(C3)C1)C2. The van der Waals surface area contributed by atoms with Gasteiger partial charge in [0.2, 0.25) is 0 Å². The molecule has 0 saturated heterocycles. The number of rotatable bonds is 7. The van der Waals surface area contributed by atoms with Gasteiger partial charge in [0.1, 0.15) is 0 Å². The summed E-state index contributed by atoms with van der Waals surface area (Å²) < 4.78 is 5.04. The molecule has 7 nitrogen and oxygen atoms in total. The molecule has 1 amide bonds. The molecule has 30 heavy (non-hydrogen) atoms. The first-order valence-electron chi connectivity index (χ1n) is 10.7. The van der Waals surface area contributed by atoms with E-state index in [1.165, 1.54) is 50.7 Å². The molecule has 1 N–H and O–H groups in total. The molecule has 1 aromatic carbocycles. The fourth-order valence-electron chi connectivity index (χ4n) is 6.28. The molecule has 0 aromatic heterocycles. The zero-order valence-electron chi connectivity index (χ0n) is 17.2. The average molecular weight is 412 g/mol. The smallest absolute Gasteiger partial charge is 0.331 e. The molecule has 7 heteroatoms. The Kier molecular flexibility index (Phi) is 5.62. The number of amides is 1. The molecule has 4 bridgehead atoms. The Labute approximate surface area is 176 Å². The van der Waals surface area contributed by atoms with E-state index in [-0.39, 0.29) is 29.7 Å². The molecule has 0 radical (unpaired) electrons. The second-order valence-corrected chi connectivity index (χ2v) is 9.33. The molecular formula is C23H28N2O5. The second-order valence-electron chi connectivity index (χ2n) is 9.33. The maximum absolute atomic E-state index is 12.4. The molecule has 0 aliphatic heterocycles. The normalized spacial score (nSPS) is 30.2. The Morgan fingerprint density at radius 1 is 1.20 bits per heavy atom. The van der Waals surface area contributed by atoms with Crippen LogP contribution in [0.2, 0.25) is 0 Å². The fraction of sp³-hybridized carbons (Fsp3) is 0.565. The number of carbonyl (C=O) groups is 2. The molecule has 160 valence electrons. The predicted octanol–water partition coefficient (Wildman–Crippen LogP) is 3.87. The van der Waals surface area contributed by atoms with Crippen LogP contribution in [0.3, 0.4) is 0 Å². The van der Waals surface area contributed by atoms with Crippen molar-refractivity contribution in [2.45, 2.75) is 51.5 Å². The molecule has 0 spiro atoms. The summed E-state index contributed by atoms with van der Waals surface area (Å²) in [6.45, 7) is 1.73. The zero-order valence-corrected chi connectivity index (χ0v) is 17.2. The molecular weight excluding hydrogens is 384 g/mol. The second kappa shape index (κ2) is 8.20. The molecule has 5 rings (SSSR count). The Morgan fingerprint density at radius 3 is 2.40 bits per heavy atom. The summed E-state index contributed by atoms with van der Waals surface area (Å²) in [5.41, 5.74) is 0.406. The Hall–Kier alpha value is -2.70. The maximum Gasteiger partial charge on any atom is 0.331 e. The van der Waals surface area contributed by atoms with E-state index in [2.05, 4.69) is 12.2 Å². The van der Waals surface area contributed by atoms with Gasteiger partial charge in [0.25, 0.3) is 11.6 Å². The van der Waals surface area contributed by atoms with Crippen LogP contribution in [0.15, 0.2) is 30.3 Å². The monoisotopic (exact) mass is 412 g/mol. The third kappa shape index (κ3) is 4.25. The zero-order chi connectivity index (χ0) is 21.3. The summed E-state index contributed by atoms with van der Waals surface area (Å²) in [4.78, 5) is 34.8. The highest BCUT2D eigenvalue weighted by molar-refractivity contribution is 5.90. The van der Waals surface area contributed by atoms with E-state index in [9.17, 15) is 19.7 Å². The number of esters is 1. The number of hydrogen-bond donors (Lipinski definition) is 1. The highest BCUT2D eigenvalue weighted by Crippen LogP contribution is 2.61. The lowest BCUT2D eigenvalue weighted by molar-refractivity contribution is -0.385. The number of carbonyl (C=O) groups excluding carboxylic acids is 2. The van der Waals surface area contributed by atoms with Crippen molar-refractivity contribution in [3.63, 3.8) is 0 Å². The number of nitrogens with zero attached hydrogens (tertiary/aromatic N) is 1. The summed E-state index contributed by atoms with van der Waals surface area (Å²) >= 11 is 0. The predicted molar refractivity (Wildman–Crippen MR) is 111 cm³/mol. The topological polar surface area (TPSA) is 98.5 Å². The van der Waals surface area contributed by atoms with Gasteiger partial charge in [0.05, 0.1) is 10.5 Å². The quantitative estimate of drug-likeness (QED) is 0.317. The molecule has 1 atom stereocenters. The van der Waals surface area contributed by atoms with Gasteiger partial charge in [-0.3, -0.25) is 14.9 Å². The van der Waals surface area contributed by atoms with E-state index in [1.807, 2.05) is 0 Å². The number of hydrogen-bond acceptors (Lipinski definition) is 5. The largest absolute Gasteiger partial charge is 0.452 e. The van der Waals surface area contributed by atoms with E-state index >= 15 is 0 Å². The van der Waals surface area contributed by atoms with Crippen molar-refractivity contribution in [3.8, 4) is 0 Å². The summed E-state index contributed by atoms with van der Waals surface area (Å²) in [5, 5.41) is 14.1. The third-order valence-corrected chi connectivity index (χ3v) is 7.26. The van der Waals surface area contributed by atoms with Gasteiger partial charge in [-0.25, -0.2) is 4.79 Å². The lowest BCUT2D eigenvalue weighted by Crippen LogP contribution is -2.56. The van der Waals surface area contributed by atoms with Crippen molar-refractivity contribution in [2.75, 3.05) is 6.61 Å². The van der Waals surface area contributed by atoms with Crippen LogP contribution in [-0.4, -0.2) is 29.4 Å². The van der Waals surface area contributed by atoms with E-state index in [0.29, 0.717) is 5.56 Å². The number of para-hydroxylation sites is 1. The van der Waals surface area contributed by atoms with Crippen LogP contribution >= 0.6 is 0 Å². The highest BCUT2D eigenvalue weighted by atomic mass is 16.6. The van der Waals surface area contributed by atoms with Crippen LogP contribution in [0.1, 0.15) is 51.0 Å². The van der Waals surface area contributed by atoms with Crippen LogP contribution in [0, 0.1) is 33.3 Å². The molecule has 0 unspecified atom stereocenters. The molecule has 4 saturated carbocycles. The molecule has 1 aromatic rings. The van der Waals surface area contributed by atoms with E-state index in [0.717, 1.165) is 23.8 Å². The number of ether oxygens (including phenoxy) is 1. The minimum absolute atomic E-state index is 0.0691. The van der Waals surface area contributed by atoms with Crippen LogP contribution in [0.4, 0.5) is 5.69 Å². The van der Waals surface area contributed by atoms with E-state index < -0.39 is 10.9 Å². The molecule has 0 heterocycles. The lowest BCUT2D eigenvalue weighted by atomic mass is 9.48. The first kappa shape index (κ1) is 20.6. The van der Waals surface area contributed by atoms with Gasteiger partial charge in [0, 0.05) is 18.2 Å². The van der Waals surface area contributed by atoms with E-state index in [1.54, 1.807) is 18.2 Å². The lowest BCUT2D eigenvalue weighted by Gasteiger charge is -2.59. The summed E-state index contributed by atoms with van der Waals surface area (Å²) in [7, 11) is 0. The van der Waals surface area contributed by atoms with Gasteiger partial charge in [-0.1, -0.05) is 12.1 Å². The van der Waals surface area contributed by atoms with E-state index in [4.69, 9.17) is 4.74 Å². The highest BCUT2D eigenvalue weighted by Gasteiger charge is 2.53. The summed E-state index contributed by atoms with van der Waals surface area (Å²) in [6, 6.07) is 6.19. The number of nitro groups is 1. The van der Waals surface area contributed by atoms with Crippen molar-refractivity contribution in [1.29, 1.82) is 0 Å². The van der Waals surface area contributed by atoms with Crippen LogP contribution in [0.25, 0.3) is 6.08 Å². The molecule has 4 aliphatic rings. The minimum Gasteiger partial charge on any atom is -0.452 e. The fourth-order valence-corrected chi connectivity index (χ4v) is 6.28. The van der Waals surface area contributed by atoms with Crippen molar-refractivity contribution < 1.29 is 19.2 Å². The van der Waals surface area contributed by atoms with Crippen LogP contribution in [-0.2, 0) is 14.3 Å². The third-order valence-electron chi connectivity index (χ3n) is 7.26. The summed E-state index contributed by atoms with van der Waals surface area (Å²) in [5.74, 6) is 1.42. The minimum atomic E-state index is -0.703. The standard InChI is InChI=1S/C23H28N2O5/c1-15(23-11-16-8-17(12-23)10-18(9-16)13-23)24-21(26)14-30-22(27)7-6-19-4-2-3-5-20(19)25(28)29/h2-7,15-18H,8-14H2,1H3,(H,24,26)/b7-6+/t15-,16?,17?,18?,23?/m1/s1. The Balaban J connectivity index is 1.28. The van der Waals surface area contributed by atoms with Gasteiger partial charge >= 0.3 is 5.97 Å². The summed E-state index contributed by atoms with van der Waals surface area (Å²) in [6.07, 6.45) is 10.1. The average Bonchev–Trinajstić information content (AvgIpc) is 2.70. The molecule has 4 aliphatic carbocycles. The first-order valence-corrected chi connectivity index (χ1v) is 10.7. The number of benzene rings is 1. The number of nitro benzene ring substituents is 1. The van der Waals surface area contributed by atoms with Crippen LogP contribution < -0.4 is 5.32 Å². The molecule has 4 fully saturated rings. The number of nitrogens with one attached hydrogen (secondary N) is 1. The van der Waals surface area contributed by atoms with Crippen LogP contribution in [0.5, 0.6) is 0 Å². The van der Waals surface area contributed by atoms with Crippen molar-refractivity contribution in [3.05, 3.63) is 46.0 Å². The van der Waals surface area contributed by atoms with Crippen molar-refractivity contribution >= 4 is 23.6 Å². The Morgan fingerprint density at radius 2 is 1.80 bits per heavy atom.